The molecule has 4 atom stereocenters. The third-order valence-corrected chi connectivity index (χ3v) is 11.9. The molecule has 1 saturated heterocycles. The third-order valence-electron chi connectivity index (χ3n) is 11.9. The SMILES string of the molecule is CNC(=O)CCC(=O)OC1C[C@H](n2cc(/C=C/C(=O)NCCNC(=O)[C@@H](C)c3ccc(CC(C)C)cc3)c(=O)[nH]c2=O)O[C@@H]1COC(c1ccccc1)(c1ccc(OC)cc1)c1ccc(OC)cc1. The summed E-state index contributed by atoms with van der Waals surface area (Å²) in [4.78, 5) is 79.8. The van der Waals surface area contributed by atoms with Gasteiger partial charge in [0.25, 0.3) is 5.56 Å². The lowest BCUT2D eigenvalue weighted by molar-refractivity contribution is -0.156. The van der Waals surface area contributed by atoms with Gasteiger partial charge in [-0.15, -0.1) is 0 Å². The summed E-state index contributed by atoms with van der Waals surface area (Å²) in [6.07, 6.45) is 1.25. The lowest BCUT2D eigenvalue weighted by Gasteiger charge is -2.37. The normalized spacial score (nSPS) is 16.2. The van der Waals surface area contributed by atoms with Gasteiger partial charge in [-0.1, -0.05) is 92.7 Å². The van der Waals surface area contributed by atoms with Crippen molar-refractivity contribution in [1.29, 1.82) is 0 Å². The quantitative estimate of drug-likeness (QED) is 0.0294. The molecule has 1 unspecified atom stereocenters. The summed E-state index contributed by atoms with van der Waals surface area (Å²) in [7, 11) is 4.63. The van der Waals surface area contributed by atoms with Gasteiger partial charge in [-0.3, -0.25) is 33.5 Å². The molecule has 6 rings (SSSR count). The lowest BCUT2D eigenvalue weighted by atomic mass is 9.80. The maximum absolute atomic E-state index is 13.4. The van der Waals surface area contributed by atoms with Gasteiger partial charge in [0, 0.05) is 45.3 Å². The molecule has 16 heteroatoms. The van der Waals surface area contributed by atoms with Gasteiger partial charge in [0.2, 0.25) is 17.7 Å². The molecule has 16 nitrogen and oxygen atoms in total. The zero-order chi connectivity index (χ0) is 49.5. The molecule has 0 aliphatic carbocycles. The molecule has 0 radical (unpaired) electrons. The molecular weight excluding hydrogens is 883 g/mol. The van der Waals surface area contributed by atoms with Gasteiger partial charge in [0.1, 0.15) is 35.5 Å². The number of hydrogen-bond donors (Lipinski definition) is 4. The number of H-pyrrole nitrogens is 1. The number of amides is 3. The van der Waals surface area contributed by atoms with E-state index >= 15 is 0 Å². The van der Waals surface area contributed by atoms with E-state index in [1.54, 1.807) is 14.2 Å². The van der Waals surface area contributed by atoms with Crippen LogP contribution in [0.4, 0.5) is 0 Å². The van der Waals surface area contributed by atoms with E-state index < -0.39 is 47.2 Å². The van der Waals surface area contributed by atoms with Gasteiger partial charge >= 0.3 is 11.7 Å². The van der Waals surface area contributed by atoms with Crippen molar-refractivity contribution in [3.05, 3.63) is 170 Å². The first kappa shape index (κ1) is 51.1. The van der Waals surface area contributed by atoms with Crippen LogP contribution in [0.25, 0.3) is 6.08 Å². The van der Waals surface area contributed by atoms with Crippen molar-refractivity contribution in [2.24, 2.45) is 5.92 Å². The van der Waals surface area contributed by atoms with Crippen LogP contribution in [0.2, 0.25) is 0 Å². The molecule has 4 aromatic carbocycles. The average Bonchev–Trinajstić information content (AvgIpc) is 3.76. The number of rotatable bonds is 22. The summed E-state index contributed by atoms with van der Waals surface area (Å²) in [5.41, 5.74) is 1.49. The summed E-state index contributed by atoms with van der Waals surface area (Å²) in [5, 5.41) is 8.03. The number of carbonyl (C=O) groups is 4. The van der Waals surface area contributed by atoms with E-state index in [9.17, 15) is 28.8 Å². The Morgan fingerprint density at radius 1 is 0.812 bits per heavy atom. The Kier molecular flexibility index (Phi) is 17.9. The van der Waals surface area contributed by atoms with Crippen molar-refractivity contribution in [3.63, 3.8) is 0 Å². The maximum atomic E-state index is 13.4. The van der Waals surface area contributed by atoms with Crippen molar-refractivity contribution < 1.29 is 42.9 Å². The maximum Gasteiger partial charge on any atom is 0.330 e. The molecule has 0 spiro atoms. The van der Waals surface area contributed by atoms with Crippen LogP contribution in [-0.2, 0) is 45.4 Å². The first-order valence-corrected chi connectivity index (χ1v) is 23.0. The Balaban J connectivity index is 1.20. The monoisotopic (exact) mass is 943 g/mol. The molecule has 69 heavy (non-hydrogen) atoms. The molecule has 2 heterocycles. The summed E-state index contributed by atoms with van der Waals surface area (Å²) < 4.78 is 31.7. The molecule has 0 saturated carbocycles. The number of aromatic nitrogens is 2. The molecule has 364 valence electrons. The average molecular weight is 944 g/mol. The van der Waals surface area contributed by atoms with Crippen LogP contribution in [0.3, 0.4) is 0 Å². The topological polar surface area (TPSA) is 205 Å². The van der Waals surface area contributed by atoms with E-state index in [1.165, 1.54) is 24.9 Å². The molecule has 3 amide bonds. The molecule has 1 aromatic heterocycles. The number of methoxy groups -OCH3 is 2. The second-order valence-corrected chi connectivity index (χ2v) is 17.1. The van der Waals surface area contributed by atoms with Gasteiger partial charge in [0.15, 0.2) is 0 Å². The Hall–Kier alpha value is -7.30. The van der Waals surface area contributed by atoms with Crippen molar-refractivity contribution in [3.8, 4) is 11.5 Å². The number of carbonyl (C=O) groups excluding carboxylic acids is 4. The number of nitrogens with one attached hydrogen (secondary N) is 4. The predicted molar refractivity (Wildman–Crippen MR) is 260 cm³/mol. The van der Waals surface area contributed by atoms with Crippen LogP contribution in [0.5, 0.6) is 11.5 Å². The molecule has 4 N–H and O–H groups in total. The zero-order valence-corrected chi connectivity index (χ0v) is 39.8. The fraction of sp³-hybridized carbons (Fsp3) is 0.358. The second kappa shape index (κ2) is 24.1. The Bertz CT molecular complexity index is 2620. The molecule has 1 aliphatic rings. The van der Waals surface area contributed by atoms with Gasteiger partial charge in [0.05, 0.1) is 38.7 Å². The van der Waals surface area contributed by atoms with Gasteiger partial charge in [-0.25, -0.2) is 4.79 Å². The fourth-order valence-electron chi connectivity index (χ4n) is 8.14. The highest BCUT2D eigenvalue weighted by Gasteiger charge is 2.44. The largest absolute Gasteiger partial charge is 0.497 e. The van der Waals surface area contributed by atoms with E-state index in [2.05, 4.69) is 34.8 Å². The van der Waals surface area contributed by atoms with E-state index in [4.69, 9.17) is 23.7 Å². The van der Waals surface area contributed by atoms with Crippen LogP contribution in [-0.4, -0.2) is 86.4 Å². The summed E-state index contributed by atoms with van der Waals surface area (Å²) in [6, 6.07) is 32.4. The smallest absolute Gasteiger partial charge is 0.330 e. The van der Waals surface area contributed by atoms with Crippen LogP contribution in [0.1, 0.15) is 85.6 Å². The molecule has 1 aliphatic heterocycles. The van der Waals surface area contributed by atoms with E-state index in [0.29, 0.717) is 17.4 Å². The van der Waals surface area contributed by atoms with Crippen LogP contribution in [0.15, 0.2) is 125 Å². The van der Waals surface area contributed by atoms with Crippen molar-refractivity contribution in [1.82, 2.24) is 25.5 Å². The minimum atomic E-state index is -1.27. The van der Waals surface area contributed by atoms with Gasteiger partial charge < -0.3 is 39.6 Å². The van der Waals surface area contributed by atoms with Crippen molar-refractivity contribution >= 4 is 29.8 Å². The van der Waals surface area contributed by atoms with Crippen molar-refractivity contribution in [2.75, 3.05) is 41.0 Å². The highest BCUT2D eigenvalue weighted by atomic mass is 16.6. The van der Waals surface area contributed by atoms with Crippen LogP contribution in [0, 0.1) is 5.92 Å². The first-order valence-electron chi connectivity index (χ1n) is 23.0. The summed E-state index contributed by atoms with van der Waals surface area (Å²) >= 11 is 0. The van der Waals surface area contributed by atoms with Gasteiger partial charge in [-0.2, -0.15) is 0 Å². The third kappa shape index (κ3) is 13.2. The van der Waals surface area contributed by atoms with Crippen LogP contribution < -0.4 is 36.7 Å². The van der Waals surface area contributed by atoms with Crippen molar-refractivity contribution in [2.45, 2.75) is 76.4 Å². The number of esters is 1. The van der Waals surface area contributed by atoms with E-state index in [1.807, 2.05) is 110 Å². The molecule has 1 fully saturated rings. The standard InChI is InChI=1S/C53H61N5O11/c1-34(2)30-36-12-14-37(15-13-36)35(3)50(62)56-29-28-55-47(60)25-16-38-32-58(52(64)57-51(38)63)48-31-44(69-49(61)27-26-46(59)54-4)45(68-48)33-67-53(39-10-8-7-9-11-39,40-17-21-42(65-5)22-18-40)41-19-23-43(66-6)24-20-41/h7-25,32,34-35,44-45,48H,26-31,33H2,1-6H3,(H,54,59)(H,55,60)(H,56,62)(H,57,63,64)/b25-16+/t35-,44?,45+,48+/m0/s1. The molecular formula is C53H61N5O11. The number of hydrogen-bond acceptors (Lipinski definition) is 11. The van der Waals surface area contributed by atoms with E-state index in [0.717, 1.165) is 39.3 Å². The molecule has 0 bridgehead atoms. The minimum Gasteiger partial charge on any atom is -0.497 e. The number of benzene rings is 4. The summed E-state index contributed by atoms with van der Waals surface area (Å²) in [5.74, 6) is -0.326. The highest BCUT2D eigenvalue weighted by molar-refractivity contribution is 5.91. The first-order chi connectivity index (χ1) is 33.2. The number of ether oxygens (including phenoxy) is 5. The minimum absolute atomic E-state index is 0.0316. The molecule has 5 aromatic rings. The Labute approximate surface area is 401 Å². The number of nitrogens with zero attached hydrogens (tertiary/aromatic N) is 1. The fourth-order valence-corrected chi connectivity index (χ4v) is 8.14. The van der Waals surface area contributed by atoms with E-state index in [-0.39, 0.29) is 62.3 Å². The Morgan fingerprint density at radius 3 is 2.01 bits per heavy atom. The zero-order valence-electron chi connectivity index (χ0n) is 39.8. The highest BCUT2D eigenvalue weighted by Crippen LogP contribution is 2.43. The van der Waals surface area contributed by atoms with Gasteiger partial charge in [-0.05, 0) is 77.4 Å². The van der Waals surface area contributed by atoms with Crippen LogP contribution >= 0.6 is 0 Å². The Morgan fingerprint density at radius 2 is 1.42 bits per heavy atom. The number of aromatic amines is 1. The predicted octanol–water partition coefficient (Wildman–Crippen LogP) is 5.54. The second-order valence-electron chi connectivity index (χ2n) is 17.1. The summed E-state index contributed by atoms with van der Waals surface area (Å²) in [6.45, 7) is 6.25. The lowest BCUT2D eigenvalue weighted by Crippen LogP contribution is -2.39.